The predicted molar refractivity (Wildman–Crippen MR) is 119 cm³/mol. The highest BCUT2D eigenvalue weighted by atomic mass is 32.2. The number of halogens is 2. The normalized spacial score (nSPS) is 15.7. The highest BCUT2D eigenvalue weighted by Crippen LogP contribution is 2.31. The molecule has 0 aliphatic carbocycles. The van der Waals surface area contributed by atoms with E-state index in [0.717, 1.165) is 22.3 Å². The molecule has 1 fully saturated rings. The summed E-state index contributed by atoms with van der Waals surface area (Å²) in [4.78, 5) is 13.0. The maximum atomic E-state index is 13.4. The third kappa shape index (κ3) is 5.10. The number of carbonyl (C=O) groups excluding carboxylic acids is 1. The lowest BCUT2D eigenvalue weighted by Crippen LogP contribution is -2.41. The summed E-state index contributed by atoms with van der Waals surface area (Å²) >= 11 is 0. The SMILES string of the molecule is Cc1cc(C)c(C)c(S(=O)(=O)N2CCC(C(=O)Nc3ccc(OC(F)F)cc3)CC2)c1C. The quantitative estimate of drug-likeness (QED) is 0.677. The van der Waals surface area contributed by atoms with Crippen LogP contribution in [-0.2, 0) is 14.8 Å². The zero-order chi connectivity index (χ0) is 23.6. The molecule has 0 bridgehead atoms. The Morgan fingerprint density at radius 3 is 2.06 bits per heavy atom. The molecule has 0 spiro atoms. The van der Waals surface area contributed by atoms with Gasteiger partial charge in [-0.15, -0.1) is 0 Å². The molecular formula is C23H28F2N2O4S. The number of alkyl halides is 2. The van der Waals surface area contributed by atoms with Crippen LogP contribution in [0.25, 0.3) is 0 Å². The topological polar surface area (TPSA) is 75.7 Å². The molecule has 0 saturated carbocycles. The second kappa shape index (κ2) is 9.54. The van der Waals surface area contributed by atoms with Crippen molar-refractivity contribution in [2.24, 2.45) is 5.92 Å². The van der Waals surface area contributed by atoms with Crippen LogP contribution in [0, 0.1) is 33.6 Å². The number of carbonyl (C=O) groups is 1. The summed E-state index contributed by atoms with van der Waals surface area (Å²) in [6, 6.07) is 7.67. The van der Waals surface area contributed by atoms with E-state index in [2.05, 4.69) is 10.1 Å². The molecule has 2 aromatic rings. The Kier molecular flexibility index (Phi) is 7.19. The fourth-order valence-corrected chi connectivity index (χ4v) is 6.06. The third-order valence-corrected chi connectivity index (χ3v) is 8.24. The van der Waals surface area contributed by atoms with Crippen LogP contribution in [0.1, 0.15) is 35.1 Å². The van der Waals surface area contributed by atoms with Crippen molar-refractivity contribution in [2.75, 3.05) is 18.4 Å². The van der Waals surface area contributed by atoms with Gasteiger partial charge in [-0.05, 0) is 87.1 Å². The fraction of sp³-hybridized carbons (Fsp3) is 0.435. The standard InChI is InChI=1S/C23H28F2N2O4S/c1-14-13-15(2)17(4)21(16(14)3)32(29,30)27-11-9-18(10-12-27)22(28)26-19-5-7-20(8-6-19)31-23(24)25/h5-8,13,18,23H,9-12H2,1-4H3,(H,26,28). The molecule has 0 aromatic heterocycles. The minimum absolute atomic E-state index is 0.00786. The zero-order valence-corrected chi connectivity index (χ0v) is 19.4. The van der Waals surface area contributed by atoms with Crippen molar-refractivity contribution in [1.29, 1.82) is 0 Å². The highest BCUT2D eigenvalue weighted by Gasteiger charge is 2.34. The van der Waals surface area contributed by atoms with Crippen LogP contribution < -0.4 is 10.1 Å². The summed E-state index contributed by atoms with van der Waals surface area (Å²) in [7, 11) is -3.66. The number of piperidine rings is 1. The lowest BCUT2D eigenvalue weighted by molar-refractivity contribution is -0.120. The number of aryl methyl sites for hydroxylation is 2. The van der Waals surface area contributed by atoms with E-state index in [-0.39, 0.29) is 30.7 Å². The number of amides is 1. The Morgan fingerprint density at radius 2 is 1.56 bits per heavy atom. The van der Waals surface area contributed by atoms with E-state index in [0.29, 0.717) is 23.4 Å². The van der Waals surface area contributed by atoms with Gasteiger partial charge in [-0.25, -0.2) is 8.42 Å². The Balaban J connectivity index is 1.65. The summed E-state index contributed by atoms with van der Waals surface area (Å²) in [6.07, 6.45) is 0.807. The summed E-state index contributed by atoms with van der Waals surface area (Å²) in [5.41, 5.74) is 3.85. The van der Waals surface area contributed by atoms with Gasteiger partial charge in [0.15, 0.2) is 0 Å². The van der Waals surface area contributed by atoms with Crippen molar-refractivity contribution >= 4 is 21.6 Å². The zero-order valence-electron chi connectivity index (χ0n) is 18.6. The molecule has 2 aromatic carbocycles. The molecule has 174 valence electrons. The minimum Gasteiger partial charge on any atom is -0.435 e. The lowest BCUT2D eigenvalue weighted by Gasteiger charge is -2.31. The van der Waals surface area contributed by atoms with Gasteiger partial charge in [0.1, 0.15) is 5.75 Å². The van der Waals surface area contributed by atoms with Crippen molar-refractivity contribution in [3.05, 3.63) is 52.6 Å². The van der Waals surface area contributed by atoms with Crippen molar-refractivity contribution in [3.8, 4) is 5.75 Å². The fourth-order valence-electron chi connectivity index (χ4n) is 4.02. The second-order valence-electron chi connectivity index (χ2n) is 8.16. The Hall–Kier alpha value is -2.52. The lowest BCUT2D eigenvalue weighted by atomic mass is 9.97. The molecule has 6 nitrogen and oxygen atoms in total. The first kappa shape index (κ1) is 24.1. The Bertz CT molecular complexity index is 1070. The maximum Gasteiger partial charge on any atom is 0.387 e. The first-order valence-corrected chi connectivity index (χ1v) is 11.9. The molecule has 0 radical (unpaired) electrons. The summed E-state index contributed by atoms with van der Waals surface area (Å²) < 4.78 is 57.0. The average molecular weight is 467 g/mol. The number of hydrogen-bond donors (Lipinski definition) is 1. The van der Waals surface area contributed by atoms with Crippen molar-refractivity contribution in [2.45, 2.75) is 52.0 Å². The number of ether oxygens (including phenoxy) is 1. The minimum atomic E-state index is -3.66. The number of rotatable bonds is 6. The Labute approximate surface area is 187 Å². The molecule has 1 heterocycles. The molecule has 3 rings (SSSR count). The van der Waals surface area contributed by atoms with E-state index in [1.165, 1.54) is 28.6 Å². The van der Waals surface area contributed by atoms with Crippen molar-refractivity contribution in [3.63, 3.8) is 0 Å². The predicted octanol–water partition coefficient (Wildman–Crippen LogP) is 4.56. The van der Waals surface area contributed by atoms with Gasteiger partial charge in [0.05, 0.1) is 4.90 Å². The van der Waals surface area contributed by atoms with Gasteiger partial charge < -0.3 is 10.1 Å². The van der Waals surface area contributed by atoms with Gasteiger partial charge in [-0.1, -0.05) is 6.07 Å². The molecule has 9 heteroatoms. The van der Waals surface area contributed by atoms with Gasteiger partial charge in [-0.3, -0.25) is 4.79 Å². The first-order valence-electron chi connectivity index (χ1n) is 10.4. The van der Waals surface area contributed by atoms with Crippen LogP contribution in [0.3, 0.4) is 0 Å². The van der Waals surface area contributed by atoms with Crippen LogP contribution in [0.2, 0.25) is 0 Å². The van der Waals surface area contributed by atoms with E-state index < -0.39 is 16.6 Å². The Morgan fingerprint density at radius 1 is 1.03 bits per heavy atom. The van der Waals surface area contributed by atoms with Crippen molar-refractivity contribution < 1.29 is 26.7 Å². The molecule has 32 heavy (non-hydrogen) atoms. The number of nitrogens with one attached hydrogen (secondary N) is 1. The number of nitrogens with zero attached hydrogens (tertiary/aromatic N) is 1. The monoisotopic (exact) mass is 466 g/mol. The van der Waals surface area contributed by atoms with Crippen LogP contribution in [0.5, 0.6) is 5.75 Å². The summed E-state index contributed by atoms with van der Waals surface area (Å²) in [5, 5.41) is 2.76. The average Bonchev–Trinajstić information content (AvgIpc) is 2.73. The number of anilines is 1. The van der Waals surface area contributed by atoms with Gasteiger partial charge in [0.2, 0.25) is 15.9 Å². The molecule has 1 aliphatic heterocycles. The molecule has 1 saturated heterocycles. The largest absolute Gasteiger partial charge is 0.435 e. The smallest absolute Gasteiger partial charge is 0.387 e. The number of hydrogen-bond acceptors (Lipinski definition) is 4. The van der Waals surface area contributed by atoms with E-state index in [9.17, 15) is 22.0 Å². The van der Waals surface area contributed by atoms with Gasteiger partial charge in [-0.2, -0.15) is 13.1 Å². The van der Waals surface area contributed by atoms with Crippen molar-refractivity contribution in [1.82, 2.24) is 4.31 Å². The van der Waals surface area contributed by atoms with Gasteiger partial charge in [0, 0.05) is 24.7 Å². The van der Waals surface area contributed by atoms with Crippen LogP contribution in [0.4, 0.5) is 14.5 Å². The molecule has 1 aliphatic rings. The maximum absolute atomic E-state index is 13.4. The van der Waals surface area contributed by atoms with E-state index >= 15 is 0 Å². The second-order valence-corrected chi connectivity index (χ2v) is 10.0. The number of sulfonamides is 1. The van der Waals surface area contributed by atoms with E-state index in [1.54, 1.807) is 0 Å². The molecule has 1 amide bonds. The van der Waals surface area contributed by atoms with Crippen LogP contribution >= 0.6 is 0 Å². The summed E-state index contributed by atoms with van der Waals surface area (Å²) in [5.74, 6) is -0.545. The molecular weight excluding hydrogens is 438 g/mol. The van der Waals surface area contributed by atoms with Crippen LogP contribution in [0.15, 0.2) is 35.2 Å². The molecule has 0 unspecified atom stereocenters. The number of benzene rings is 2. The van der Waals surface area contributed by atoms with Gasteiger partial charge >= 0.3 is 6.61 Å². The van der Waals surface area contributed by atoms with Crippen LogP contribution in [-0.4, -0.2) is 38.3 Å². The van der Waals surface area contributed by atoms with E-state index in [4.69, 9.17) is 0 Å². The highest BCUT2D eigenvalue weighted by molar-refractivity contribution is 7.89. The van der Waals surface area contributed by atoms with Gasteiger partial charge in [0.25, 0.3) is 0 Å². The third-order valence-electron chi connectivity index (χ3n) is 6.07. The molecule has 1 N–H and O–H groups in total. The van der Waals surface area contributed by atoms with E-state index in [1.807, 2.05) is 33.8 Å². The first-order chi connectivity index (χ1) is 15.0. The summed E-state index contributed by atoms with van der Waals surface area (Å²) in [6.45, 7) is 5.07. The molecule has 0 atom stereocenters.